The topological polar surface area (TPSA) is 173 Å². The fourth-order valence-corrected chi connectivity index (χ4v) is 8.07. The second kappa shape index (κ2) is 18.0. The van der Waals surface area contributed by atoms with Gasteiger partial charge in [-0.15, -0.1) is 18.2 Å². The highest BCUT2D eigenvalue weighted by Crippen LogP contribution is 2.61. The molecule has 2 aromatic carbocycles. The zero-order chi connectivity index (χ0) is 37.3. The molecule has 0 radical (unpaired) electrons. The molecule has 5 rings (SSSR count). The van der Waals surface area contributed by atoms with Gasteiger partial charge in [0.2, 0.25) is 5.79 Å². The van der Waals surface area contributed by atoms with Gasteiger partial charge in [0.15, 0.2) is 0 Å². The van der Waals surface area contributed by atoms with Crippen LogP contribution >= 0.6 is 11.6 Å². The van der Waals surface area contributed by atoms with Crippen molar-refractivity contribution in [1.82, 2.24) is 4.90 Å². The van der Waals surface area contributed by atoms with E-state index in [4.69, 9.17) is 30.6 Å². The predicted molar refractivity (Wildman–Crippen MR) is 194 cm³/mol. The van der Waals surface area contributed by atoms with E-state index in [9.17, 15) is 30.2 Å². The number of phenols is 1. The highest BCUT2D eigenvalue weighted by Gasteiger charge is 2.65. The molecule has 0 saturated heterocycles. The highest BCUT2D eigenvalue weighted by atomic mass is 35.5. The van der Waals surface area contributed by atoms with Gasteiger partial charge < -0.3 is 39.3 Å². The molecule has 13 nitrogen and oxygen atoms in total. The van der Waals surface area contributed by atoms with Crippen LogP contribution in [0.15, 0.2) is 71.9 Å². The third-order valence-corrected chi connectivity index (χ3v) is 10.4. The molecule has 3 aliphatic rings. The first-order valence-electron chi connectivity index (χ1n) is 17.8. The van der Waals surface area contributed by atoms with Crippen LogP contribution in [0.1, 0.15) is 62.0 Å². The number of fused-ring (bicyclic) bond motifs is 2. The van der Waals surface area contributed by atoms with E-state index in [1.54, 1.807) is 43.5 Å². The average Bonchev–Trinajstić information content (AvgIpc) is 3.14. The third-order valence-electron chi connectivity index (χ3n) is 10.3. The summed E-state index contributed by atoms with van der Waals surface area (Å²) in [7, 11) is 1.62. The number of amides is 1. The lowest BCUT2D eigenvalue weighted by Crippen LogP contribution is -2.69. The van der Waals surface area contributed by atoms with Gasteiger partial charge in [0, 0.05) is 50.3 Å². The first-order valence-corrected chi connectivity index (χ1v) is 18.3. The summed E-state index contributed by atoms with van der Waals surface area (Å²) in [6.45, 7) is 4.17. The summed E-state index contributed by atoms with van der Waals surface area (Å²) in [6, 6.07) is 10.3. The molecule has 1 aliphatic heterocycles. The minimum atomic E-state index is -1.45. The Morgan fingerprint density at radius 2 is 1.88 bits per heavy atom. The number of hydrogen-bond acceptors (Lipinski definition) is 11. The molecule has 282 valence electrons. The second-order valence-electron chi connectivity index (χ2n) is 13.4. The van der Waals surface area contributed by atoms with Crippen LogP contribution in [0, 0.1) is 27.9 Å². The molecule has 0 aromatic heterocycles. The van der Waals surface area contributed by atoms with Crippen molar-refractivity contribution >= 4 is 29.1 Å². The number of alkyl halides is 1. The van der Waals surface area contributed by atoms with Crippen LogP contribution in [0.2, 0.25) is 0 Å². The van der Waals surface area contributed by atoms with Crippen molar-refractivity contribution in [2.24, 2.45) is 22.9 Å². The molecular formula is C38H48ClN3O10. The standard InChI is InChI=1S/C38H48ClN3O10/c1-3-19-50-38-34(41(2)37(46)49-20-16-39)23-32(40-51-24-25-10-12-27(13-11-25)42(47)48)30-21-26(8-4-6-17-43)29(9-5-7-18-44)35(36(30)38)31-22-28(45)14-15-33(31)52-38/h3,10-15,21-22,26,29,34-36,43-45H,1,4-9,16-20,23-24H2,2H3. The number of aliphatic hydroxyl groups is 2. The zero-order valence-electron chi connectivity index (χ0n) is 29.4. The Kier molecular flexibility index (Phi) is 13.6. The van der Waals surface area contributed by atoms with E-state index in [2.05, 4.69) is 17.8 Å². The van der Waals surface area contributed by atoms with Crippen molar-refractivity contribution in [2.45, 2.75) is 69.3 Å². The van der Waals surface area contributed by atoms with E-state index in [1.165, 1.54) is 17.0 Å². The number of aliphatic hydroxyl groups excluding tert-OH is 2. The third kappa shape index (κ3) is 8.38. The van der Waals surface area contributed by atoms with Crippen molar-refractivity contribution in [2.75, 3.05) is 39.4 Å². The van der Waals surface area contributed by atoms with Gasteiger partial charge in [-0.05, 0) is 79.0 Å². The van der Waals surface area contributed by atoms with E-state index in [-0.39, 0.29) is 74.5 Å². The molecule has 1 fully saturated rings. The summed E-state index contributed by atoms with van der Waals surface area (Å²) in [5, 5.41) is 46.1. The molecule has 3 N–H and O–H groups in total. The number of rotatable bonds is 18. The number of nitrogens with zero attached hydrogens (tertiary/aromatic N) is 3. The molecule has 2 aromatic rings. The number of carbonyl (C=O) groups is 1. The number of unbranched alkanes of at least 4 members (excludes halogenated alkanes) is 2. The number of non-ortho nitro benzene ring substituents is 1. The van der Waals surface area contributed by atoms with Gasteiger partial charge in [-0.1, -0.05) is 30.1 Å². The SMILES string of the molecule is C=CCOC12Oc3ccc(O)cc3C3C(CCCCO)C(CCCCO)C=C(C(=NOCc4ccc([N+](=O)[O-])cc4)CC1N(C)C(=O)OCCCl)C32. The molecule has 6 unspecified atom stereocenters. The number of benzene rings is 2. The summed E-state index contributed by atoms with van der Waals surface area (Å²) >= 11 is 5.88. The lowest BCUT2D eigenvalue weighted by molar-refractivity contribution is -0.384. The van der Waals surface area contributed by atoms with Crippen molar-refractivity contribution in [3.63, 3.8) is 0 Å². The number of nitro benzene ring substituents is 1. The predicted octanol–water partition coefficient (Wildman–Crippen LogP) is 6.44. The highest BCUT2D eigenvalue weighted by molar-refractivity contribution is 6.18. The lowest BCUT2D eigenvalue weighted by atomic mass is 9.55. The maximum Gasteiger partial charge on any atom is 0.410 e. The van der Waals surface area contributed by atoms with E-state index in [1.807, 2.05) is 0 Å². The maximum atomic E-state index is 13.6. The van der Waals surface area contributed by atoms with Crippen LogP contribution in [0.5, 0.6) is 11.5 Å². The zero-order valence-corrected chi connectivity index (χ0v) is 30.2. The second-order valence-corrected chi connectivity index (χ2v) is 13.8. The summed E-state index contributed by atoms with van der Waals surface area (Å²) in [5.41, 5.74) is 2.85. The number of aromatic hydroxyl groups is 1. The lowest BCUT2D eigenvalue weighted by Gasteiger charge is -2.59. The molecule has 14 heteroatoms. The molecule has 0 bridgehead atoms. The Balaban J connectivity index is 1.68. The monoisotopic (exact) mass is 741 g/mol. The quantitative estimate of drug-likeness (QED) is 0.0507. The average molecular weight is 742 g/mol. The van der Waals surface area contributed by atoms with Crippen molar-refractivity contribution in [3.05, 3.63) is 88.0 Å². The van der Waals surface area contributed by atoms with Crippen molar-refractivity contribution < 1.29 is 44.1 Å². The van der Waals surface area contributed by atoms with Gasteiger partial charge in [0.1, 0.15) is 30.8 Å². The number of likely N-dealkylation sites (N-methyl/N-ethyl adjacent to an activating group) is 1. The van der Waals surface area contributed by atoms with Crippen LogP contribution in [-0.4, -0.2) is 88.1 Å². The Hall–Kier alpha value is -4.17. The first-order chi connectivity index (χ1) is 25.2. The van der Waals surface area contributed by atoms with Crippen LogP contribution in [-0.2, 0) is 20.9 Å². The Bertz CT molecular complexity index is 1620. The van der Waals surface area contributed by atoms with Gasteiger partial charge in [-0.25, -0.2) is 4.79 Å². The van der Waals surface area contributed by atoms with E-state index >= 15 is 0 Å². The van der Waals surface area contributed by atoms with Gasteiger partial charge >= 0.3 is 6.09 Å². The van der Waals surface area contributed by atoms with E-state index < -0.39 is 28.8 Å². The summed E-state index contributed by atoms with van der Waals surface area (Å²) in [5.74, 6) is -1.53. The maximum absolute atomic E-state index is 13.6. The first kappa shape index (κ1) is 39.0. The van der Waals surface area contributed by atoms with Gasteiger partial charge in [0.25, 0.3) is 5.69 Å². The fourth-order valence-electron chi connectivity index (χ4n) is 7.99. The molecule has 1 saturated carbocycles. The Morgan fingerprint density at radius 3 is 2.56 bits per heavy atom. The number of nitro groups is 1. The number of hydrogen-bond donors (Lipinski definition) is 3. The molecular weight excluding hydrogens is 694 g/mol. The summed E-state index contributed by atoms with van der Waals surface area (Å²) in [4.78, 5) is 31.7. The van der Waals surface area contributed by atoms with Gasteiger partial charge in [-0.3, -0.25) is 10.1 Å². The fraction of sp³-hybridized carbons (Fsp3) is 0.526. The van der Waals surface area contributed by atoms with E-state index in [0.717, 1.165) is 36.8 Å². The van der Waals surface area contributed by atoms with Crippen molar-refractivity contribution in [1.29, 1.82) is 0 Å². The smallest absolute Gasteiger partial charge is 0.410 e. The van der Waals surface area contributed by atoms with Crippen LogP contribution in [0.25, 0.3) is 0 Å². The van der Waals surface area contributed by atoms with Crippen molar-refractivity contribution in [3.8, 4) is 11.5 Å². The largest absolute Gasteiger partial charge is 0.508 e. The molecule has 1 heterocycles. The normalized spacial score (nSPS) is 25.3. The Labute approximate surface area is 308 Å². The minimum Gasteiger partial charge on any atom is -0.508 e. The van der Waals surface area contributed by atoms with Crippen LogP contribution in [0.3, 0.4) is 0 Å². The molecule has 6 atom stereocenters. The summed E-state index contributed by atoms with van der Waals surface area (Å²) in [6.07, 6.45) is 7.69. The molecule has 0 spiro atoms. The number of allylic oxidation sites excluding steroid dienone is 1. The number of phenolic OH excluding ortho intramolecular Hbond substituents is 1. The molecule has 1 amide bonds. The number of halogens is 1. The van der Waals surface area contributed by atoms with Gasteiger partial charge in [-0.2, -0.15) is 0 Å². The molecule has 52 heavy (non-hydrogen) atoms. The number of oxime groups is 1. The number of ether oxygens (including phenoxy) is 3. The van der Waals surface area contributed by atoms with Gasteiger partial charge in [0.05, 0.1) is 29.0 Å². The van der Waals surface area contributed by atoms with Crippen LogP contribution in [0.4, 0.5) is 10.5 Å². The minimum absolute atomic E-state index is 0.000115. The number of carbonyl (C=O) groups excluding carboxylic acids is 1. The summed E-state index contributed by atoms with van der Waals surface area (Å²) < 4.78 is 19.2. The van der Waals surface area contributed by atoms with E-state index in [0.29, 0.717) is 29.9 Å². The van der Waals surface area contributed by atoms with Crippen LogP contribution < -0.4 is 4.74 Å². The molecule has 2 aliphatic carbocycles. The Morgan fingerprint density at radius 1 is 1.15 bits per heavy atom.